The zero-order valence-electron chi connectivity index (χ0n) is 21.9. The number of anilines is 1. The first-order valence-electron chi connectivity index (χ1n) is 12.6. The first-order chi connectivity index (χ1) is 18.6. The van der Waals surface area contributed by atoms with E-state index in [1.165, 1.54) is 19.2 Å². The Morgan fingerprint density at radius 1 is 1.18 bits per heavy atom. The van der Waals surface area contributed by atoms with Crippen LogP contribution in [0.25, 0.3) is 16.9 Å². The number of hydrogen-bond acceptors (Lipinski definition) is 8. The number of hydrogen-bond donors (Lipinski definition) is 1. The van der Waals surface area contributed by atoms with Gasteiger partial charge in [0, 0.05) is 42.5 Å². The maximum atomic E-state index is 14.6. The number of ether oxygens (including phenoxy) is 2. The smallest absolute Gasteiger partial charge is 0.239 e. The highest BCUT2D eigenvalue weighted by molar-refractivity contribution is 7.90. The fourth-order valence-corrected chi connectivity index (χ4v) is 4.80. The number of nitrogens with zero attached hydrogens (tertiary/aromatic N) is 3. The molecule has 1 aliphatic rings. The van der Waals surface area contributed by atoms with Gasteiger partial charge in [-0.3, -0.25) is 4.79 Å². The van der Waals surface area contributed by atoms with Gasteiger partial charge in [0.25, 0.3) is 0 Å². The molecule has 1 fully saturated rings. The van der Waals surface area contributed by atoms with Crippen LogP contribution < -0.4 is 14.8 Å². The number of halogens is 1. The van der Waals surface area contributed by atoms with Gasteiger partial charge in [-0.2, -0.15) is 0 Å². The molecule has 2 heterocycles. The number of carbonyl (C=O) groups is 1. The average Bonchev–Trinajstić information content (AvgIpc) is 3.59. The number of carbonyl (C=O) groups excluding carboxylic acids is 1. The number of benzene rings is 2. The van der Waals surface area contributed by atoms with E-state index in [4.69, 9.17) is 9.47 Å². The molecular weight excluding hydrogens is 523 g/mol. The molecule has 0 atom stereocenters. The molecule has 0 bridgehead atoms. The van der Waals surface area contributed by atoms with Crippen LogP contribution >= 0.6 is 0 Å². The second kappa shape index (κ2) is 10.6. The van der Waals surface area contributed by atoms with Crippen molar-refractivity contribution in [3.05, 3.63) is 65.6 Å². The minimum absolute atomic E-state index is 0.0548. The summed E-state index contributed by atoms with van der Waals surface area (Å²) in [6, 6.07) is 11.4. The highest BCUT2D eigenvalue weighted by atomic mass is 32.2. The van der Waals surface area contributed by atoms with E-state index in [1.54, 1.807) is 22.8 Å². The second-order valence-electron chi connectivity index (χ2n) is 9.83. The Kier molecular flexibility index (Phi) is 7.26. The van der Waals surface area contributed by atoms with Crippen LogP contribution in [-0.4, -0.2) is 54.5 Å². The van der Waals surface area contributed by atoms with Crippen molar-refractivity contribution in [2.45, 2.75) is 26.2 Å². The zero-order chi connectivity index (χ0) is 27.7. The fourth-order valence-electron chi connectivity index (χ4n) is 4.33. The standard InChI is InChI=1S/C28H29FN4O5S/c1-17-12-19(6-8-21(17)25(34)13-18-4-5-18)24-16-31-28-23(30-10-11-39(3,35)36)15-27(32-33(24)28)38-26-9-7-20(37-2)14-22(26)29/h6-9,12,14-16,18,30H,4-5,10-11,13H2,1-3H3. The third kappa shape index (κ3) is 6.19. The van der Waals surface area contributed by atoms with Crippen LogP contribution in [0.4, 0.5) is 10.1 Å². The maximum Gasteiger partial charge on any atom is 0.239 e. The van der Waals surface area contributed by atoms with Crippen molar-refractivity contribution in [3.8, 4) is 28.6 Å². The first-order valence-corrected chi connectivity index (χ1v) is 14.6. The second-order valence-corrected chi connectivity index (χ2v) is 12.1. The van der Waals surface area contributed by atoms with Crippen molar-refractivity contribution in [2.24, 2.45) is 5.92 Å². The van der Waals surface area contributed by atoms with Crippen molar-refractivity contribution in [2.75, 3.05) is 31.0 Å². The van der Waals surface area contributed by atoms with Crippen molar-refractivity contribution in [3.63, 3.8) is 0 Å². The molecule has 0 aliphatic heterocycles. The van der Waals surface area contributed by atoms with Crippen molar-refractivity contribution in [1.82, 2.24) is 14.6 Å². The van der Waals surface area contributed by atoms with Gasteiger partial charge in [0.05, 0.1) is 30.4 Å². The Labute approximate surface area is 225 Å². The van der Waals surface area contributed by atoms with Gasteiger partial charge < -0.3 is 14.8 Å². The molecule has 1 N–H and O–H groups in total. The summed E-state index contributed by atoms with van der Waals surface area (Å²) in [5.41, 5.74) is 3.87. The molecular formula is C28H29FN4O5S. The predicted molar refractivity (Wildman–Crippen MR) is 146 cm³/mol. The number of rotatable bonds is 11. The van der Waals surface area contributed by atoms with Crippen LogP contribution in [0.3, 0.4) is 0 Å². The summed E-state index contributed by atoms with van der Waals surface area (Å²) in [4.78, 5) is 17.2. The summed E-state index contributed by atoms with van der Waals surface area (Å²) in [5, 5.41) is 7.64. The summed E-state index contributed by atoms with van der Waals surface area (Å²) in [7, 11) is -1.76. The lowest BCUT2D eigenvalue weighted by molar-refractivity contribution is 0.0975. The zero-order valence-corrected chi connectivity index (χ0v) is 22.7. The molecule has 204 valence electrons. The van der Waals surface area contributed by atoms with E-state index >= 15 is 0 Å². The molecule has 1 aliphatic carbocycles. The summed E-state index contributed by atoms with van der Waals surface area (Å²) in [6.07, 6.45) is 5.60. The maximum absolute atomic E-state index is 14.6. The normalized spacial score (nSPS) is 13.4. The SMILES string of the molecule is COc1ccc(Oc2cc(NCCS(C)(=O)=O)c3ncc(-c4ccc(C(=O)CC5CC5)c(C)c4)n3n2)c(F)c1. The minimum atomic E-state index is -3.20. The molecule has 2 aromatic heterocycles. The number of ketones is 1. The number of nitrogens with one attached hydrogen (secondary N) is 1. The van der Waals surface area contributed by atoms with Gasteiger partial charge in [-0.1, -0.05) is 12.1 Å². The fraction of sp³-hybridized carbons (Fsp3) is 0.321. The molecule has 5 rings (SSSR count). The summed E-state index contributed by atoms with van der Waals surface area (Å²) >= 11 is 0. The van der Waals surface area contributed by atoms with Gasteiger partial charge in [0.15, 0.2) is 23.0 Å². The lowest BCUT2D eigenvalue weighted by atomic mass is 9.98. The van der Waals surface area contributed by atoms with E-state index < -0.39 is 15.7 Å². The van der Waals surface area contributed by atoms with E-state index in [9.17, 15) is 17.6 Å². The molecule has 0 unspecified atom stereocenters. The van der Waals surface area contributed by atoms with Crippen LogP contribution in [0.2, 0.25) is 0 Å². The largest absolute Gasteiger partial charge is 0.497 e. The summed E-state index contributed by atoms with van der Waals surface area (Å²) < 4.78 is 50.4. The monoisotopic (exact) mass is 552 g/mol. The number of fused-ring (bicyclic) bond motifs is 1. The lowest BCUT2D eigenvalue weighted by Gasteiger charge is -2.13. The Bertz CT molecular complexity index is 1660. The molecule has 11 heteroatoms. The van der Waals surface area contributed by atoms with Crippen molar-refractivity contribution >= 4 is 27.0 Å². The number of imidazole rings is 1. The van der Waals surface area contributed by atoms with Gasteiger partial charge in [-0.25, -0.2) is 22.3 Å². The average molecular weight is 553 g/mol. The molecule has 0 spiro atoms. The molecule has 0 radical (unpaired) electrons. The van der Waals surface area contributed by atoms with Crippen LogP contribution in [0.1, 0.15) is 35.2 Å². The highest BCUT2D eigenvalue weighted by Crippen LogP contribution is 2.35. The molecule has 2 aromatic carbocycles. The molecule has 1 saturated carbocycles. The van der Waals surface area contributed by atoms with E-state index in [1.807, 2.05) is 25.1 Å². The third-order valence-electron chi connectivity index (χ3n) is 6.58. The van der Waals surface area contributed by atoms with E-state index in [0.29, 0.717) is 40.7 Å². The van der Waals surface area contributed by atoms with Gasteiger partial charge in [0.1, 0.15) is 15.6 Å². The number of aromatic nitrogens is 3. The summed E-state index contributed by atoms with van der Waals surface area (Å²) in [5.74, 6) is 0.290. The quantitative estimate of drug-likeness (QED) is 0.256. The molecule has 4 aromatic rings. The van der Waals surface area contributed by atoms with Gasteiger partial charge in [-0.05, 0) is 49.4 Å². The van der Waals surface area contributed by atoms with Crippen LogP contribution in [0.15, 0.2) is 48.7 Å². The number of aryl methyl sites for hydroxylation is 1. The van der Waals surface area contributed by atoms with E-state index in [2.05, 4.69) is 15.4 Å². The summed E-state index contributed by atoms with van der Waals surface area (Å²) in [6.45, 7) is 2.04. The van der Waals surface area contributed by atoms with E-state index in [0.717, 1.165) is 30.2 Å². The Morgan fingerprint density at radius 2 is 1.97 bits per heavy atom. The van der Waals surface area contributed by atoms with Crippen molar-refractivity contribution < 1.29 is 27.1 Å². The molecule has 0 saturated heterocycles. The van der Waals surface area contributed by atoms with Gasteiger partial charge in [0.2, 0.25) is 5.88 Å². The number of methoxy groups -OCH3 is 1. The number of sulfone groups is 1. The molecule has 9 nitrogen and oxygen atoms in total. The molecule has 39 heavy (non-hydrogen) atoms. The van der Waals surface area contributed by atoms with E-state index in [-0.39, 0.29) is 29.7 Å². The predicted octanol–water partition coefficient (Wildman–Crippen LogP) is 5.08. The topological polar surface area (TPSA) is 112 Å². The van der Waals surface area contributed by atoms with Crippen LogP contribution in [0, 0.1) is 18.7 Å². The third-order valence-corrected chi connectivity index (χ3v) is 7.53. The van der Waals surface area contributed by atoms with Gasteiger partial charge >= 0.3 is 0 Å². The Hall–Kier alpha value is -3.99. The molecule has 0 amide bonds. The number of Topliss-reactive ketones (excluding diaryl/α,β-unsaturated/α-hetero) is 1. The van der Waals surface area contributed by atoms with Crippen LogP contribution in [0.5, 0.6) is 17.4 Å². The lowest BCUT2D eigenvalue weighted by Crippen LogP contribution is -2.15. The van der Waals surface area contributed by atoms with Gasteiger partial charge in [-0.15, -0.1) is 5.10 Å². The van der Waals surface area contributed by atoms with Crippen LogP contribution in [-0.2, 0) is 9.84 Å². The van der Waals surface area contributed by atoms with Crippen molar-refractivity contribution in [1.29, 1.82) is 0 Å². The first kappa shape index (κ1) is 26.6. The Morgan fingerprint density at radius 3 is 2.64 bits per heavy atom. The minimum Gasteiger partial charge on any atom is -0.497 e. The Balaban J connectivity index is 1.52. The highest BCUT2D eigenvalue weighted by Gasteiger charge is 2.25.